The van der Waals surface area contributed by atoms with Crippen molar-refractivity contribution >= 4 is 29.4 Å². The lowest BCUT2D eigenvalue weighted by molar-refractivity contribution is -0.142. The highest BCUT2D eigenvalue weighted by atomic mass is 16.5. The van der Waals surface area contributed by atoms with E-state index in [1.165, 1.54) is 12.7 Å². The normalized spacial score (nSPS) is 13.3. The third-order valence-electron chi connectivity index (χ3n) is 10.00. The Morgan fingerprint density at radius 2 is 1.24 bits per heavy atom. The minimum atomic E-state index is -1.12. The first-order valence-electron chi connectivity index (χ1n) is 19.7. The number of ether oxygens (including phenoxy) is 1. The molecule has 3 aromatic carbocycles. The van der Waals surface area contributed by atoms with Gasteiger partial charge in [-0.25, -0.2) is 4.79 Å². The molecule has 1 unspecified atom stereocenters. The van der Waals surface area contributed by atoms with Crippen molar-refractivity contribution in [3.63, 3.8) is 0 Å². The number of nitrogens with one attached hydrogen (secondary N) is 2. The minimum absolute atomic E-state index is 0.0159. The summed E-state index contributed by atoms with van der Waals surface area (Å²) in [5.41, 5.74) is 4.41. The smallest absolute Gasteiger partial charge is 0.326 e. The Balaban J connectivity index is 1.78. The molecule has 0 radical (unpaired) electrons. The Morgan fingerprint density at radius 3 is 1.80 bits per heavy atom. The summed E-state index contributed by atoms with van der Waals surface area (Å²) in [4.78, 5) is 66.5. The number of methoxy groups -OCH3 is 1. The van der Waals surface area contributed by atoms with Crippen molar-refractivity contribution < 1.29 is 33.8 Å². The Morgan fingerprint density at radius 1 is 0.667 bits per heavy atom. The number of unbranched alkanes of at least 4 members (excludes halogenated alkanes) is 5. The molecule has 3 aromatic rings. The molecule has 0 aliphatic carbocycles. The number of carbonyl (C=O) groups excluding carboxylic acids is 4. The number of Topliss-reactive ketones (excluding diaryl/α,β-unsaturated/α-hetero) is 2. The molecule has 9 heteroatoms. The predicted molar refractivity (Wildman–Crippen MR) is 213 cm³/mol. The van der Waals surface area contributed by atoms with Crippen molar-refractivity contribution in [2.75, 3.05) is 7.11 Å². The highest BCUT2D eigenvalue weighted by Gasteiger charge is 2.31. The summed E-state index contributed by atoms with van der Waals surface area (Å²) in [6.07, 6.45) is 8.90. The lowest BCUT2D eigenvalue weighted by Gasteiger charge is -2.24. The van der Waals surface area contributed by atoms with Gasteiger partial charge in [0.15, 0.2) is 11.6 Å². The average Bonchev–Trinajstić information content (AvgIpc) is 3.18. The molecule has 3 rings (SSSR count). The lowest BCUT2D eigenvalue weighted by atomic mass is 9.90. The maximum absolute atomic E-state index is 14.0. The van der Waals surface area contributed by atoms with Crippen molar-refractivity contribution in [2.24, 2.45) is 11.8 Å². The highest BCUT2D eigenvalue weighted by Crippen LogP contribution is 2.26. The molecule has 0 saturated carbocycles. The zero-order valence-electron chi connectivity index (χ0n) is 32.8. The van der Waals surface area contributed by atoms with Crippen molar-refractivity contribution in [3.8, 4) is 16.9 Å². The number of rotatable bonds is 25. The zero-order chi connectivity index (χ0) is 39.5. The fourth-order valence-electron chi connectivity index (χ4n) is 6.49. The summed E-state index contributed by atoms with van der Waals surface area (Å²) in [5.74, 6) is -3.56. The van der Waals surface area contributed by atoms with Crippen molar-refractivity contribution in [3.05, 3.63) is 89.5 Å². The second-order valence-electron chi connectivity index (χ2n) is 14.4. The molecule has 0 bridgehead atoms. The van der Waals surface area contributed by atoms with Gasteiger partial charge in [0.1, 0.15) is 17.8 Å². The van der Waals surface area contributed by atoms with Gasteiger partial charge in [-0.3, -0.25) is 19.2 Å². The van der Waals surface area contributed by atoms with Crippen molar-refractivity contribution in [1.82, 2.24) is 10.6 Å². The number of benzene rings is 3. The number of hydrogen-bond acceptors (Lipinski definition) is 6. The van der Waals surface area contributed by atoms with E-state index < -0.39 is 47.5 Å². The number of amides is 2. The van der Waals surface area contributed by atoms with E-state index in [0.29, 0.717) is 36.1 Å². The fourth-order valence-corrected chi connectivity index (χ4v) is 6.49. The van der Waals surface area contributed by atoms with Crippen molar-refractivity contribution in [2.45, 2.75) is 123 Å². The Kier molecular flexibility index (Phi) is 18.7. The molecule has 292 valence electrons. The van der Waals surface area contributed by atoms with Gasteiger partial charge < -0.3 is 20.5 Å². The van der Waals surface area contributed by atoms with Crippen LogP contribution in [0.3, 0.4) is 0 Å². The van der Waals surface area contributed by atoms with Crippen LogP contribution in [-0.4, -0.2) is 47.6 Å². The fraction of sp³-hybridized carbons (Fsp3) is 0.489. The molecule has 0 saturated heterocycles. The van der Waals surface area contributed by atoms with E-state index in [2.05, 4.69) is 48.7 Å². The number of carbonyl (C=O) groups is 5. The highest BCUT2D eigenvalue weighted by molar-refractivity contribution is 6.00. The first-order valence-corrected chi connectivity index (χ1v) is 19.7. The molecule has 0 heterocycles. The van der Waals surface area contributed by atoms with E-state index in [1.807, 2.05) is 19.1 Å². The topological polar surface area (TPSA) is 139 Å². The largest absolute Gasteiger partial charge is 0.497 e. The maximum atomic E-state index is 14.0. The Hall–Kier alpha value is -4.79. The summed E-state index contributed by atoms with van der Waals surface area (Å²) in [6, 6.07) is 20.6. The SMILES string of the molecule is CCCCC[C@H](CC(=O)c1ccc(-c2ccc(CCCC)cc2)cc1)C(=O)NC(C(=O)C[C@@H](C)C(=O)N[C@@H](CCCCC)C(=O)O)c1ccc(OC)cc1. The molecule has 0 spiro atoms. The van der Waals surface area contributed by atoms with Crippen LogP contribution >= 0.6 is 0 Å². The van der Waals surface area contributed by atoms with Gasteiger partial charge in [-0.15, -0.1) is 0 Å². The van der Waals surface area contributed by atoms with E-state index in [0.717, 1.165) is 62.5 Å². The monoisotopic (exact) mass is 740 g/mol. The molecule has 0 aromatic heterocycles. The van der Waals surface area contributed by atoms with Gasteiger partial charge in [-0.05, 0) is 60.1 Å². The summed E-state index contributed by atoms with van der Waals surface area (Å²) in [5, 5.41) is 15.2. The maximum Gasteiger partial charge on any atom is 0.326 e. The van der Waals surface area contributed by atoms with Crippen LogP contribution in [0.4, 0.5) is 0 Å². The van der Waals surface area contributed by atoms with Gasteiger partial charge >= 0.3 is 5.97 Å². The van der Waals surface area contributed by atoms with Gasteiger partial charge in [0.2, 0.25) is 11.8 Å². The molecule has 2 amide bonds. The molecular formula is C45H60N2O7. The number of carboxylic acids is 1. The Labute approximate surface area is 321 Å². The lowest BCUT2D eigenvalue weighted by Crippen LogP contribution is -2.44. The van der Waals surface area contributed by atoms with Gasteiger partial charge in [-0.1, -0.05) is 133 Å². The third kappa shape index (κ3) is 13.9. The summed E-state index contributed by atoms with van der Waals surface area (Å²) in [7, 11) is 1.53. The zero-order valence-corrected chi connectivity index (χ0v) is 32.8. The molecule has 0 aliphatic rings. The van der Waals surface area contributed by atoms with E-state index in [1.54, 1.807) is 43.3 Å². The molecule has 3 N–H and O–H groups in total. The van der Waals surface area contributed by atoms with Crippen LogP contribution in [0.15, 0.2) is 72.8 Å². The second kappa shape index (κ2) is 23.1. The quantitative estimate of drug-likeness (QED) is 0.0582. The Bertz CT molecular complexity index is 1630. The van der Waals surface area contributed by atoms with E-state index >= 15 is 0 Å². The van der Waals surface area contributed by atoms with Crippen LogP contribution in [0, 0.1) is 11.8 Å². The summed E-state index contributed by atoms with van der Waals surface area (Å²) >= 11 is 0. The molecule has 0 aliphatic heterocycles. The average molecular weight is 741 g/mol. The number of aliphatic carboxylic acids is 1. The number of hydrogen-bond donors (Lipinski definition) is 3. The summed E-state index contributed by atoms with van der Waals surface area (Å²) < 4.78 is 5.30. The van der Waals surface area contributed by atoms with Gasteiger partial charge in [0, 0.05) is 30.2 Å². The van der Waals surface area contributed by atoms with Crippen LogP contribution in [0.1, 0.15) is 132 Å². The van der Waals surface area contributed by atoms with Crippen LogP contribution in [0.5, 0.6) is 5.75 Å². The van der Waals surface area contributed by atoms with Crippen LogP contribution in [-0.2, 0) is 25.6 Å². The first kappa shape index (κ1) is 43.6. The standard InChI is InChI=1S/C45H60N2O7/c1-6-9-12-15-37(30-40(48)35-23-21-34(22-24-35)33-19-17-32(18-20-33)14-11-8-3)44(51)47-42(36-25-27-38(54-5)28-26-36)41(49)29-31(4)43(50)46-39(45(52)53)16-13-10-7-2/h17-28,31,37,39,42H,6-16,29-30H2,1-5H3,(H,46,50)(H,47,51)(H,52,53)/t31-,37-,39+,42?/m1/s1. The van der Waals surface area contributed by atoms with E-state index in [4.69, 9.17) is 4.74 Å². The third-order valence-corrected chi connectivity index (χ3v) is 10.00. The molecule has 0 fully saturated rings. The van der Waals surface area contributed by atoms with Crippen LogP contribution in [0.2, 0.25) is 0 Å². The minimum Gasteiger partial charge on any atom is -0.497 e. The number of ketones is 2. The first-order chi connectivity index (χ1) is 26.0. The van der Waals surface area contributed by atoms with Gasteiger partial charge in [-0.2, -0.15) is 0 Å². The molecular weight excluding hydrogens is 681 g/mol. The van der Waals surface area contributed by atoms with Gasteiger partial charge in [0.25, 0.3) is 0 Å². The van der Waals surface area contributed by atoms with Gasteiger partial charge in [0.05, 0.1) is 7.11 Å². The number of aryl methyl sites for hydroxylation is 1. The molecule has 54 heavy (non-hydrogen) atoms. The van der Waals surface area contributed by atoms with Crippen LogP contribution < -0.4 is 15.4 Å². The van der Waals surface area contributed by atoms with Crippen molar-refractivity contribution in [1.29, 1.82) is 0 Å². The second-order valence-corrected chi connectivity index (χ2v) is 14.4. The summed E-state index contributed by atoms with van der Waals surface area (Å²) in [6.45, 7) is 7.84. The van der Waals surface area contributed by atoms with E-state index in [9.17, 15) is 29.1 Å². The molecule has 9 nitrogen and oxygen atoms in total. The van der Waals surface area contributed by atoms with Crippen LogP contribution in [0.25, 0.3) is 11.1 Å². The molecule has 4 atom stereocenters. The number of carboxylic acid groups (broad SMARTS) is 1. The van der Waals surface area contributed by atoms with E-state index in [-0.39, 0.29) is 18.6 Å². The predicted octanol–water partition coefficient (Wildman–Crippen LogP) is 9.08.